The van der Waals surface area contributed by atoms with E-state index in [1.807, 2.05) is 12.1 Å². The van der Waals surface area contributed by atoms with Crippen LogP contribution in [-0.2, 0) is 22.6 Å². The monoisotopic (exact) mass is 495 g/mol. The van der Waals surface area contributed by atoms with Crippen molar-refractivity contribution in [3.05, 3.63) is 87.9 Å². The lowest BCUT2D eigenvalue weighted by Crippen LogP contribution is -2.43. The van der Waals surface area contributed by atoms with Crippen LogP contribution in [0.2, 0.25) is 0 Å². The minimum atomic E-state index is -0.539. The molecular formula is C25H25N3O8. The summed E-state index contributed by atoms with van der Waals surface area (Å²) in [5.41, 5.74) is 0.932. The second-order valence-electron chi connectivity index (χ2n) is 8.04. The molecule has 4 rings (SSSR count). The maximum Gasteiger partial charge on any atom is 0.269 e. The van der Waals surface area contributed by atoms with Crippen LogP contribution in [0.25, 0.3) is 0 Å². The van der Waals surface area contributed by atoms with Crippen LogP contribution in [0, 0.1) is 10.1 Å². The van der Waals surface area contributed by atoms with Crippen molar-refractivity contribution < 1.29 is 33.1 Å². The number of non-ortho nitro benzene ring substituents is 1. The highest BCUT2D eigenvalue weighted by Gasteiger charge is 2.24. The Morgan fingerprint density at radius 3 is 2.50 bits per heavy atom. The van der Waals surface area contributed by atoms with Crippen molar-refractivity contribution in [3.8, 4) is 11.5 Å². The number of nitro benzene ring substituents is 1. The molecule has 2 aromatic carbocycles. The Morgan fingerprint density at radius 2 is 1.81 bits per heavy atom. The highest BCUT2D eigenvalue weighted by Crippen LogP contribution is 2.33. The average molecular weight is 495 g/mol. The normalized spacial score (nSPS) is 11.8. The van der Waals surface area contributed by atoms with Crippen molar-refractivity contribution in [1.29, 1.82) is 0 Å². The smallest absolute Gasteiger partial charge is 0.269 e. The Hall–Kier alpha value is -4.38. The molecule has 0 fully saturated rings. The predicted molar refractivity (Wildman–Crippen MR) is 126 cm³/mol. The topological polar surface area (TPSA) is 125 Å². The van der Waals surface area contributed by atoms with Gasteiger partial charge in [-0.1, -0.05) is 6.07 Å². The summed E-state index contributed by atoms with van der Waals surface area (Å²) in [6.07, 6.45) is 1.53. The summed E-state index contributed by atoms with van der Waals surface area (Å²) >= 11 is 0. The van der Waals surface area contributed by atoms with Crippen molar-refractivity contribution in [3.63, 3.8) is 0 Å². The van der Waals surface area contributed by atoms with Crippen LogP contribution >= 0.6 is 0 Å². The number of nitro groups is 1. The third-order valence-electron chi connectivity index (χ3n) is 5.59. The zero-order chi connectivity index (χ0) is 25.5. The summed E-state index contributed by atoms with van der Waals surface area (Å²) in [7, 11) is 1.50. The second-order valence-corrected chi connectivity index (χ2v) is 8.04. The fourth-order valence-electron chi connectivity index (χ4n) is 3.71. The first-order valence-electron chi connectivity index (χ1n) is 11.2. The van der Waals surface area contributed by atoms with Crippen molar-refractivity contribution in [2.45, 2.75) is 13.1 Å². The van der Waals surface area contributed by atoms with Crippen LogP contribution in [0.3, 0.4) is 0 Å². The number of amides is 2. The number of methoxy groups -OCH3 is 1. The molecule has 0 spiro atoms. The quantitative estimate of drug-likeness (QED) is 0.293. The molecule has 36 heavy (non-hydrogen) atoms. The van der Waals surface area contributed by atoms with Gasteiger partial charge in [0.1, 0.15) is 12.3 Å². The first kappa shape index (κ1) is 24.7. The van der Waals surface area contributed by atoms with Gasteiger partial charge in [-0.25, -0.2) is 0 Å². The number of hydrogen-bond donors (Lipinski definition) is 0. The molecule has 11 nitrogen and oxygen atoms in total. The molecule has 11 heteroatoms. The highest BCUT2D eigenvalue weighted by atomic mass is 16.7. The number of rotatable bonds is 11. The number of fused-ring (bicyclic) bond motifs is 1. The van der Waals surface area contributed by atoms with E-state index in [0.29, 0.717) is 17.3 Å². The molecule has 2 heterocycles. The number of furan rings is 1. The van der Waals surface area contributed by atoms with Crippen LogP contribution in [0.1, 0.15) is 21.7 Å². The third kappa shape index (κ3) is 5.99. The van der Waals surface area contributed by atoms with E-state index in [2.05, 4.69) is 0 Å². The molecule has 188 valence electrons. The van der Waals surface area contributed by atoms with E-state index in [9.17, 15) is 19.7 Å². The minimum absolute atomic E-state index is 0.126. The molecule has 0 saturated heterocycles. The summed E-state index contributed by atoms with van der Waals surface area (Å²) in [5.74, 6) is 1.09. The summed E-state index contributed by atoms with van der Waals surface area (Å²) < 4.78 is 21.4. The number of nitrogens with zero attached hydrogens (tertiary/aromatic N) is 3. The number of carbonyl (C=O) groups is 2. The van der Waals surface area contributed by atoms with Gasteiger partial charge in [0.25, 0.3) is 11.6 Å². The van der Waals surface area contributed by atoms with E-state index in [1.165, 1.54) is 42.5 Å². The van der Waals surface area contributed by atoms with Gasteiger partial charge in [0.2, 0.25) is 12.7 Å². The van der Waals surface area contributed by atoms with E-state index in [0.717, 1.165) is 5.56 Å². The van der Waals surface area contributed by atoms with Crippen molar-refractivity contribution in [1.82, 2.24) is 9.80 Å². The maximum absolute atomic E-state index is 13.5. The SMILES string of the molecule is COCCN(CC(=O)N(Cc1ccc2c(c1)OCO2)Cc1ccco1)C(=O)c1ccc([N+](=O)[O-])cc1. The lowest BCUT2D eigenvalue weighted by Gasteiger charge is -2.27. The molecule has 1 aromatic heterocycles. The molecule has 0 saturated carbocycles. The number of benzene rings is 2. The number of carbonyl (C=O) groups excluding carboxylic acids is 2. The summed E-state index contributed by atoms with van der Waals surface area (Å²) in [6.45, 7) is 0.755. The molecule has 0 atom stereocenters. The summed E-state index contributed by atoms with van der Waals surface area (Å²) in [6, 6.07) is 14.2. The third-order valence-corrected chi connectivity index (χ3v) is 5.59. The van der Waals surface area contributed by atoms with Gasteiger partial charge in [0, 0.05) is 37.9 Å². The lowest BCUT2D eigenvalue weighted by molar-refractivity contribution is -0.384. The van der Waals surface area contributed by atoms with E-state index in [4.69, 9.17) is 18.6 Å². The van der Waals surface area contributed by atoms with E-state index in [1.54, 1.807) is 23.1 Å². The Balaban J connectivity index is 1.53. The van der Waals surface area contributed by atoms with Gasteiger partial charge in [0.05, 0.1) is 24.3 Å². The zero-order valence-electron chi connectivity index (χ0n) is 19.6. The van der Waals surface area contributed by atoms with E-state index >= 15 is 0 Å². The van der Waals surface area contributed by atoms with Crippen molar-refractivity contribution in [2.75, 3.05) is 33.6 Å². The fraction of sp³-hybridized carbons (Fsp3) is 0.280. The Kier molecular flexibility index (Phi) is 7.81. The summed E-state index contributed by atoms with van der Waals surface area (Å²) in [4.78, 5) is 40.0. The molecule has 2 amide bonds. The van der Waals surface area contributed by atoms with Crippen molar-refractivity contribution in [2.24, 2.45) is 0 Å². The van der Waals surface area contributed by atoms with Gasteiger partial charge >= 0.3 is 0 Å². The average Bonchev–Trinajstić information content (AvgIpc) is 3.57. The molecule has 0 bridgehead atoms. The van der Waals surface area contributed by atoms with Crippen LogP contribution in [-0.4, -0.2) is 60.1 Å². The molecule has 0 radical (unpaired) electrons. The molecule has 3 aromatic rings. The van der Waals surface area contributed by atoms with E-state index < -0.39 is 10.8 Å². The Bertz CT molecular complexity index is 1210. The second kappa shape index (κ2) is 11.4. The summed E-state index contributed by atoms with van der Waals surface area (Å²) in [5, 5.41) is 10.9. The Morgan fingerprint density at radius 1 is 1.03 bits per heavy atom. The van der Waals surface area contributed by atoms with Gasteiger partial charge in [-0.3, -0.25) is 19.7 Å². The molecule has 1 aliphatic rings. The molecule has 1 aliphatic heterocycles. The first-order valence-corrected chi connectivity index (χ1v) is 11.2. The van der Waals surface area contributed by atoms with Crippen LogP contribution < -0.4 is 9.47 Å². The lowest BCUT2D eigenvalue weighted by atomic mass is 10.1. The molecule has 0 aliphatic carbocycles. The standard InChI is InChI=1S/C25H25N3O8/c1-33-12-10-26(25(30)19-5-7-20(8-6-19)28(31)32)16-24(29)27(15-21-3-2-11-34-21)14-18-4-9-22-23(13-18)36-17-35-22/h2-9,11,13H,10,12,14-17H2,1H3. The van der Waals surface area contributed by atoms with Gasteiger partial charge in [-0.05, 0) is 42.0 Å². The zero-order valence-corrected chi connectivity index (χ0v) is 19.6. The largest absolute Gasteiger partial charge is 0.467 e. The predicted octanol–water partition coefficient (Wildman–Crippen LogP) is 3.23. The van der Waals surface area contributed by atoms with E-state index in [-0.39, 0.29) is 56.7 Å². The Labute approximate surface area is 206 Å². The number of hydrogen-bond acceptors (Lipinski definition) is 8. The fourth-order valence-corrected chi connectivity index (χ4v) is 3.71. The van der Waals surface area contributed by atoms with Crippen LogP contribution in [0.5, 0.6) is 11.5 Å². The molecule has 0 unspecified atom stereocenters. The minimum Gasteiger partial charge on any atom is -0.467 e. The maximum atomic E-state index is 13.5. The van der Waals surface area contributed by atoms with Crippen molar-refractivity contribution >= 4 is 17.5 Å². The highest BCUT2D eigenvalue weighted by molar-refractivity contribution is 5.96. The molecule has 0 N–H and O–H groups in total. The molecular weight excluding hydrogens is 470 g/mol. The first-order chi connectivity index (χ1) is 17.4. The number of ether oxygens (including phenoxy) is 3. The van der Waals surface area contributed by atoms with Gasteiger partial charge in [-0.2, -0.15) is 0 Å². The van der Waals surface area contributed by atoms with Gasteiger partial charge < -0.3 is 28.4 Å². The van der Waals surface area contributed by atoms with Gasteiger partial charge in [-0.15, -0.1) is 0 Å². The van der Waals surface area contributed by atoms with Crippen LogP contribution in [0.15, 0.2) is 65.3 Å². The van der Waals surface area contributed by atoms with Crippen LogP contribution in [0.4, 0.5) is 5.69 Å². The van der Waals surface area contributed by atoms with Gasteiger partial charge in [0.15, 0.2) is 11.5 Å².